The second-order valence-electron chi connectivity index (χ2n) is 6.73. The van der Waals surface area contributed by atoms with E-state index in [-0.39, 0.29) is 29.9 Å². The van der Waals surface area contributed by atoms with Gasteiger partial charge in [0.25, 0.3) is 5.91 Å². The molecule has 1 fully saturated rings. The van der Waals surface area contributed by atoms with Crippen LogP contribution >= 0.6 is 35.3 Å². The van der Waals surface area contributed by atoms with Gasteiger partial charge in [0.15, 0.2) is 5.96 Å². The molecule has 7 heteroatoms. The number of halogens is 1. The van der Waals surface area contributed by atoms with E-state index in [0.29, 0.717) is 6.54 Å². The van der Waals surface area contributed by atoms with E-state index >= 15 is 0 Å². The van der Waals surface area contributed by atoms with Crippen LogP contribution in [-0.2, 0) is 13.0 Å². The van der Waals surface area contributed by atoms with Gasteiger partial charge in [-0.25, -0.2) is 0 Å². The molecule has 28 heavy (non-hydrogen) atoms. The monoisotopic (exact) mass is 512 g/mol. The van der Waals surface area contributed by atoms with Gasteiger partial charge < -0.3 is 15.5 Å². The summed E-state index contributed by atoms with van der Waals surface area (Å²) in [6, 6.07) is 12.1. The van der Waals surface area contributed by atoms with E-state index < -0.39 is 0 Å². The standard InChI is InChI=1S/C21H28N4OS.HI/c1-22-21(23-12-11-19-6-5-15-27-19)24-16-17-7-9-18(10-8-17)20(26)25-13-3-2-4-14-25;/h5-10,15H,2-4,11-14,16H2,1H3,(H2,22,23,24);1H. The Hall–Kier alpha value is -1.61. The molecule has 1 aromatic heterocycles. The predicted molar refractivity (Wildman–Crippen MR) is 128 cm³/mol. The number of hydrogen-bond donors (Lipinski definition) is 2. The Morgan fingerprint density at radius 3 is 2.50 bits per heavy atom. The van der Waals surface area contributed by atoms with Gasteiger partial charge in [-0.15, -0.1) is 35.3 Å². The minimum absolute atomic E-state index is 0. The minimum Gasteiger partial charge on any atom is -0.356 e. The first-order valence-electron chi connectivity index (χ1n) is 9.61. The van der Waals surface area contributed by atoms with Crippen LogP contribution in [0.2, 0.25) is 0 Å². The third-order valence-electron chi connectivity index (χ3n) is 4.77. The molecule has 1 aliphatic heterocycles. The smallest absolute Gasteiger partial charge is 0.253 e. The van der Waals surface area contributed by atoms with E-state index in [2.05, 4.69) is 33.1 Å². The van der Waals surface area contributed by atoms with Crippen LogP contribution in [0.1, 0.15) is 40.1 Å². The van der Waals surface area contributed by atoms with E-state index in [9.17, 15) is 4.79 Å². The zero-order valence-corrected chi connectivity index (χ0v) is 19.5. The molecule has 0 radical (unpaired) electrons. The number of hydrogen-bond acceptors (Lipinski definition) is 3. The molecule has 1 amide bonds. The lowest BCUT2D eigenvalue weighted by Gasteiger charge is -2.26. The van der Waals surface area contributed by atoms with Gasteiger partial charge in [0.1, 0.15) is 0 Å². The average molecular weight is 512 g/mol. The maximum Gasteiger partial charge on any atom is 0.253 e. The van der Waals surface area contributed by atoms with Crippen LogP contribution in [0, 0.1) is 0 Å². The van der Waals surface area contributed by atoms with Crippen molar-refractivity contribution in [2.24, 2.45) is 4.99 Å². The third kappa shape index (κ3) is 6.77. The normalized spacial score (nSPS) is 14.3. The molecule has 152 valence electrons. The van der Waals surface area contributed by atoms with Gasteiger partial charge in [-0.3, -0.25) is 9.79 Å². The van der Waals surface area contributed by atoms with Gasteiger partial charge in [0, 0.05) is 43.7 Å². The van der Waals surface area contributed by atoms with E-state index in [1.54, 1.807) is 18.4 Å². The lowest BCUT2D eigenvalue weighted by molar-refractivity contribution is 0.0724. The van der Waals surface area contributed by atoms with Crippen LogP contribution in [0.5, 0.6) is 0 Å². The minimum atomic E-state index is 0. The second-order valence-corrected chi connectivity index (χ2v) is 7.76. The molecule has 0 spiro atoms. The van der Waals surface area contributed by atoms with Crippen LogP contribution in [-0.4, -0.2) is 43.4 Å². The van der Waals surface area contributed by atoms with Crippen molar-refractivity contribution in [1.82, 2.24) is 15.5 Å². The number of thiophene rings is 1. The summed E-state index contributed by atoms with van der Waals surface area (Å²) in [6.45, 7) is 3.30. The van der Waals surface area contributed by atoms with Crippen molar-refractivity contribution in [3.8, 4) is 0 Å². The number of amides is 1. The first-order valence-corrected chi connectivity index (χ1v) is 10.5. The molecule has 0 atom stereocenters. The maximum absolute atomic E-state index is 12.5. The lowest BCUT2D eigenvalue weighted by Crippen LogP contribution is -2.37. The van der Waals surface area contributed by atoms with Crippen molar-refractivity contribution in [2.45, 2.75) is 32.2 Å². The van der Waals surface area contributed by atoms with Gasteiger partial charge >= 0.3 is 0 Å². The number of nitrogens with one attached hydrogen (secondary N) is 2. The van der Waals surface area contributed by atoms with E-state index in [1.807, 2.05) is 29.2 Å². The Balaban J connectivity index is 0.00000280. The summed E-state index contributed by atoms with van der Waals surface area (Å²) in [4.78, 5) is 20.1. The summed E-state index contributed by atoms with van der Waals surface area (Å²) in [6.07, 6.45) is 4.46. The fourth-order valence-corrected chi connectivity index (χ4v) is 3.92. The number of guanidine groups is 1. The largest absolute Gasteiger partial charge is 0.356 e. The topological polar surface area (TPSA) is 56.7 Å². The predicted octanol–water partition coefficient (Wildman–Crippen LogP) is 3.90. The van der Waals surface area contributed by atoms with E-state index in [4.69, 9.17) is 0 Å². The highest BCUT2D eigenvalue weighted by Crippen LogP contribution is 2.14. The number of carbonyl (C=O) groups excluding carboxylic acids is 1. The van der Waals surface area contributed by atoms with E-state index in [1.165, 1.54) is 11.3 Å². The molecule has 1 aliphatic rings. The first kappa shape index (κ1) is 22.7. The average Bonchev–Trinajstić information content (AvgIpc) is 3.24. The van der Waals surface area contributed by atoms with Crippen molar-refractivity contribution < 1.29 is 4.79 Å². The molecular weight excluding hydrogens is 483 g/mol. The molecule has 2 heterocycles. The first-order chi connectivity index (χ1) is 13.3. The summed E-state index contributed by atoms with van der Waals surface area (Å²) >= 11 is 1.77. The number of piperidine rings is 1. The summed E-state index contributed by atoms with van der Waals surface area (Å²) in [7, 11) is 1.78. The Bertz CT molecular complexity index is 740. The fraction of sp³-hybridized carbons (Fsp3) is 0.429. The third-order valence-corrected chi connectivity index (χ3v) is 5.71. The van der Waals surface area contributed by atoms with Crippen molar-refractivity contribution in [3.63, 3.8) is 0 Å². The van der Waals surface area contributed by atoms with Gasteiger partial charge in [-0.1, -0.05) is 18.2 Å². The Labute approximate surface area is 188 Å². The van der Waals surface area contributed by atoms with Crippen molar-refractivity contribution in [1.29, 1.82) is 0 Å². The van der Waals surface area contributed by atoms with E-state index in [0.717, 1.165) is 56.0 Å². The molecule has 0 bridgehead atoms. The van der Waals surface area contributed by atoms with Crippen molar-refractivity contribution >= 4 is 47.2 Å². The number of rotatable bonds is 6. The molecule has 1 aromatic carbocycles. The molecule has 1 saturated heterocycles. The van der Waals surface area contributed by atoms with Crippen molar-refractivity contribution in [3.05, 3.63) is 57.8 Å². The second kappa shape index (κ2) is 12.1. The molecule has 0 unspecified atom stereocenters. The summed E-state index contributed by atoms with van der Waals surface area (Å²) in [5, 5.41) is 8.76. The highest BCUT2D eigenvalue weighted by Gasteiger charge is 2.17. The highest BCUT2D eigenvalue weighted by atomic mass is 127. The van der Waals surface area contributed by atoms with Gasteiger partial charge in [0.05, 0.1) is 0 Å². The van der Waals surface area contributed by atoms with Crippen LogP contribution < -0.4 is 10.6 Å². The lowest BCUT2D eigenvalue weighted by atomic mass is 10.1. The molecule has 5 nitrogen and oxygen atoms in total. The summed E-state index contributed by atoms with van der Waals surface area (Å²) in [5.41, 5.74) is 1.91. The van der Waals surface area contributed by atoms with Crippen molar-refractivity contribution in [2.75, 3.05) is 26.7 Å². The van der Waals surface area contributed by atoms with Crippen LogP contribution in [0.15, 0.2) is 46.8 Å². The van der Waals surface area contributed by atoms with Gasteiger partial charge in [-0.05, 0) is 54.8 Å². The van der Waals surface area contributed by atoms with Gasteiger partial charge in [0.2, 0.25) is 0 Å². The quantitative estimate of drug-likeness (QED) is 0.351. The number of likely N-dealkylation sites (tertiary alicyclic amines) is 1. The Morgan fingerprint density at radius 1 is 1.11 bits per heavy atom. The van der Waals surface area contributed by atoms with Crippen LogP contribution in [0.3, 0.4) is 0 Å². The highest BCUT2D eigenvalue weighted by molar-refractivity contribution is 14.0. The summed E-state index contributed by atoms with van der Waals surface area (Å²) < 4.78 is 0. The number of aliphatic imine (C=N–C) groups is 1. The maximum atomic E-state index is 12.5. The molecule has 0 aliphatic carbocycles. The zero-order chi connectivity index (χ0) is 18.9. The Morgan fingerprint density at radius 2 is 1.86 bits per heavy atom. The van der Waals surface area contributed by atoms with Crippen LogP contribution in [0.25, 0.3) is 0 Å². The molecule has 3 rings (SSSR count). The summed E-state index contributed by atoms with van der Waals surface area (Å²) in [5.74, 6) is 0.945. The fourth-order valence-electron chi connectivity index (χ4n) is 3.21. The molecule has 0 saturated carbocycles. The van der Waals surface area contributed by atoms with Crippen LogP contribution in [0.4, 0.5) is 0 Å². The molecule has 2 aromatic rings. The number of carbonyl (C=O) groups is 1. The Kier molecular flexibility index (Phi) is 9.77. The number of benzene rings is 1. The number of nitrogens with zero attached hydrogens (tertiary/aromatic N) is 2. The SMILES string of the molecule is CN=C(NCCc1cccs1)NCc1ccc(C(=O)N2CCCCC2)cc1.I. The van der Waals surface area contributed by atoms with Gasteiger partial charge in [-0.2, -0.15) is 0 Å². The zero-order valence-electron chi connectivity index (χ0n) is 16.3. The molecular formula is C21H29IN4OS. The molecule has 2 N–H and O–H groups in total.